The minimum Gasteiger partial charge on any atom is -0.325 e. The number of rotatable bonds is 6. The smallest absolute Gasteiger partial charge is 0.244 e. The molecular formula is C18H23N3O5S. The minimum atomic E-state index is -3.35. The standard InChI is InChI=1S/C18H23N3O5S/c1-2-10-27(25,26)21-9-3-4-13-11-14(5-6-15(13)21)19-16(22)12-20-17(23)7-8-18(20)24/h5-6,11H,2-4,7-10,12H2,1H3,(H,19,22). The van der Waals surface area contributed by atoms with E-state index in [-0.39, 0.29) is 37.0 Å². The number of benzene rings is 1. The van der Waals surface area contributed by atoms with E-state index in [1.165, 1.54) is 4.31 Å². The summed E-state index contributed by atoms with van der Waals surface area (Å²) < 4.78 is 26.4. The normalized spacial score (nSPS) is 17.2. The van der Waals surface area contributed by atoms with Crippen LogP contribution in [0.15, 0.2) is 18.2 Å². The SMILES string of the molecule is CCCS(=O)(=O)N1CCCc2cc(NC(=O)CN3C(=O)CCC3=O)ccc21. The van der Waals surface area contributed by atoms with E-state index in [1.807, 2.05) is 6.92 Å². The first-order valence-electron chi connectivity index (χ1n) is 9.08. The lowest BCUT2D eigenvalue weighted by atomic mass is 10.0. The second kappa shape index (κ2) is 7.67. The second-order valence-electron chi connectivity index (χ2n) is 6.76. The molecule has 2 heterocycles. The van der Waals surface area contributed by atoms with Gasteiger partial charge in [-0.3, -0.25) is 23.6 Å². The Morgan fingerprint density at radius 2 is 1.85 bits per heavy atom. The number of sulfonamides is 1. The van der Waals surface area contributed by atoms with Crippen LogP contribution >= 0.6 is 0 Å². The number of carbonyl (C=O) groups is 3. The predicted molar refractivity (Wildman–Crippen MR) is 101 cm³/mol. The summed E-state index contributed by atoms with van der Waals surface area (Å²) in [7, 11) is -3.35. The number of carbonyl (C=O) groups excluding carboxylic acids is 3. The highest BCUT2D eigenvalue weighted by Crippen LogP contribution is 2.32. The molecule has 0 radical (unpaired) electrons. The zero-order valence-corrected chi connectivity index (χ0v) is 16.0. The van der Waals surface area contributed by atoms with Crippen LogP contribution < -0.4 is 9.62 Å². The molecular weight excluding hydrogens is 370 g/mol. The van der Waals surface area contributed by atoms with Crippen LogP contribution in [0.5, 0.6) is 0 Å². The molecule has 1 aromatic carbocycles. The first kappa shape index (κ1) is 19.3. The molecule has 146 valence electrons. The number of amides is 3. The molecule has 27 heavy (non-hydrogen) atoms. The first-order valence-corrected chi connectivity index (χ1v) is 10.7. The van der Waals surface area contributed by atoms with E-state index in [0.29, 0.717) is 30.8 Å². The van der Waals surface area contributed by atoms with Crippen LogP contribution in [0.4, 0.5) is 11.4 Å². The van der Waals surface area contributed by atoms with E-state index < -0.39 is 15.9 Å². The third-order valence-corrected chi connectivity index (χ3v) is 6.67. The molecule has 0 aromatic heterocycles. The third kappa shape index (κ3) is 4.13. The van der Waals surface area contributed by atoms with Crippen LogP contribution in [0.1, 0.15) is 38.2 Å². The average Bonchev–Trinajstić information content (AvgIpc) is 2.93. The maximum Gasteiger partial charge on any atom is 0.244 e. The van der Waals surface area contributed by atoms with Gasteiger partial charge in [0.25, 0.3) is 0 Å². The predicted octanol–water partition coefficient (Wildman–Crippen LogP) is 1.27. The van der Waals surface area contributed by atoms with Gasteiger partial charge in [0.1, 0.15) is 6.54 Å². The fourth-order valence-corrected chi connectivity index (χ4v) is 5.06. The van der Waals surface area contributed by atoms with Crippen molar-refractivity contribution in [1.82, 2.24) is 4.90 Å². The van der Waals surface area contributed by atoms with Gasteiger partial charge in [0.05, 0.1) is 11.4 Å². The van der Waals surface area contributed by atoms with Gasteiger partial charge in [-0.15, -0.1) is 0 Å². The lowest BCUT2D eigenvalue weighted by molar-refractivity contribution is -0.141. The fourth-order valence-electron chi connectivity index (χ4n) is 3.44. The minimum absolute atomic E-state index is 0.100. The Labute approximate surface area is 158 Å². The summed E-state index contributed by atoms with van der Waals surface area (Å²) in [5, 5.41) is 2.69. The lowest BCUT2D eigenvalue weighted by Gasteiger charge is -2.30. The lowest BCUT2D eigenvalue weighted by Crippen LogP contribution is -2.37. The Kier molecular flexibility index (Phi) is 5.50. The number of fused-ring (bicyclic) bond motifs is 1. The van der Waals surface area contributed by atoms with Crippen LogP contribution in [0.3, 0.4) is 0 Å². The monoisotopic (exact) mass is 393 g/mol. The largest absolute Gasteiger partial charge is 0.325 e. The molecule has 0 bridgehead atoms. The molecule has 0 unspecified atom stereocenters. The quantitative estimate of drug-likeness (QED) is 0.733. The highest BCUT2D eigenvalue weighted by molar-refractivity contribution is 7.92. The van der Waals surface area contributed by atoms with Crippen LogP contribution in [0.25, 0.3) is 0 Å². The van der Waals surface area contributed by atoms with E-state index in [1.54, 1.807) is 18.2 Å². The molecule has 9 heteroatoms. The zero-order chi connectivity index (χ0) is 19.6. The van der Waals surface area contributed by atoms with Gasteiger partial charge in [0, 0.05) is 25.1 Å². The highest BCUT2D eigenvalue weighted by Gasteiger charge is 2.31. The van der Waals surface area contributed by atoms with Gasteiger partial charge in [0.15, 0.2) is 0 Å². The van der Waals surface area contributed by atoms with Crippen molar-refractivity contribution in [2.24, 2.45) is 0 Å². The van der Waals surface area contributed by atoms with Crippen molar-refractivity contribution in [3.05, 3.63) is 23.8 Å². The van der Waals surface area contributed by atoms with Gasteiger partial charge in [-0.1, -0.05) is 6.92 Å². The van der Waals surface area contributed by atoms with E-state index in [0.717, 1.165) is 16.9 Å². The Bertz CT molecular complexity index is 865. The number of aryl methyl sites for hydroxylation is 1. The highest BCUT2D eigenvalue weighted by atomic mass is 32.2. The molecule has 0 saturated carbocycles. The Morgan fingerprint density at radius 3 is 2.52 bits per heavy atom. The summed E-state index contributed by atoms with van der Waals surface area (Å²) in [6, 6.07) is 5.10. The molecule has 3 rings (SSSR count). The number of hydrogen-bond acceptors (Lipinski definition) is 5. The second-order valence-corrected chi connectivity index (χ2v) is 8.77. The number of hydrogen-bond donors (Lipinski definition) is 1. The summed E-state index contributed by atoms with van der Waals surface area (Å²) in [4.78, 5) is 36.4. The average molecular weight is 393 g/mol. The topological polar surface area (TPSA) is 104 Å². The van der Waals surface area contributed by atoms with Gasteiger partial charge in [0.2, 0.25) is 27.7 Å². The molecule has 8 nitrogen and oxygen atoms in total. The number of likely N-dealkylation sites (tertiary alicyclic amines) is 1. The molecule has 0 atom stereocenters. The Balaban J connectivity index is 1.73. The Hall–Kier alpha value is -2.42. The summed E-state index contributed by atoms with van der Waals surface area (Å²) in [6.07, 6.45) is 2.28. The summed E-state index contributed by atoms with van der Waals surface area (Å²) in [6.45, 7) is 1.99. The van der Waals surface area contributed by atoms with E-state index in [9.17, 15) is 22.8 Å². The Morgan fingerprint density at radius 1 is 1.15 bits per heavy atom. The van der Waals surface area contributed by atoms with E-state index in [2.05, 4.69) is 5.32 Å². The van der Waals surface area contributed by atoms with Crippen LogP contribution in [0, 0.1) is 0 Å². The number of anilines is 2. The number of nitrogens with one attached hydrogen (secondary N) is 1. The molecule has 2 aliphatic heterocycles. The fraction of sp³-hybridized carbons (Fsp3) is 0.500. The van der Waals surface area contributed by atoms with Gasteiger partial charge < -0.3 is 5.32 Å². The third-order valence-electron chi connectivity index (χ3n) is 4.69. The maximum absolute atomic E-state index is 12.5. The van der Waals surface area contributed by atoms with Crippen molar-refractivity contribution in [3.63, 3.8) is 0 Å². The first-order chi connectivity index (χ1) is 12.8. The number of imide groups is 1. The molecule has 2 aliphatic rings. The van der Waals surface area contributed by atoms with Crippen LogP contribution in [0.2, 0.25) is 0 Å². The van der Waals surface area contributed by atoms with Gasteiger partial charge in [-0.25, -0.2) is 8.42 Å². The number of nitrogens with zero attached hydrogens (tertiary/aromatic N) is 2. The van der Waals surface area contributed by atoms with Crippen LogP contribution in [-0.4, -0.2) is 49.9 Å². The van der Waals surface area contributed by atoms with Crippen molar-refractivity contribution in [3.8, 4) is 0 Å². The van der Waals surface area contributed by atoms with Crippen molar-refractivity contribution in [2.75, 3.05) is 28.5 Å². The molecule has 0 spiro atoms. The van der Waals surface area contributed by atoms with Crippen molar-refractivity contribution >= 4 is 39.1 Å². The van der Waals surface area contributed by atoms with Crippen molar-refractivity contribution in [2.45, 2.75) is 39.0 Å². The molecule has 1 N–H and O–H groups in total. The summed E-state index contributed by atoms with van der Waals surface area (Å²) in [5.74, 6) is -1.03. The molecule has 1 saturated heterocycles. The van der Waals surface area contributed by atoms with Crippen molar-refractivity contribution in [1.29, 1.82) is 0 Å². The van der Waals surface area contributed by atoms with E-state index >= 15 is 0 Å². The maximum atomic E-state index is 12.5. The summed E-state index contributed by atoms with van der Waals surface area (Å²) in [5.41, 5.74) is 2.03. The molecule has 0 aliphatic carbocycles. The molecule has 1 fully saturated rings. The molecule has 3 amide bonds. The van der Waals surface area contributed by atoms with Crippen LogP contribution in [-0.2, 0) is 30.8 Å². The molecule has 1 aromatic rings. The zero-order valence-electron chi connectivity index (χ0n) is 15.2. The van der Waals surface area contributed by atoms with E-state index in [4.69, 9.17) is 0 Å². The van der Waals surface area contributed by atoms with Gasteiger partial charge >= 0.3 is 0 Å². The van der Waals surface area contributed by atoms with Gasteiger partial charge in [-0.2, -0.15) is 0 Å². The van der Waals surface area contributed by atoms with Gasteiger partial charge in [-0.05, 0) is 43.0 Å². The summed E-state index contributed by atoms with van der Waals surface area (Å²) >= 11 is 0. The van der Waals surface area contributed by atoms with Crippen molar-refractivity contribution < 1.29 is 22.8 Å².